The molecule has 0 saturated heterocycles. The fourth-order valence-electron chi connectivity index (χ4n) is 4.52. The van der Waals surface area contributed by atoms with Gasteiger partial charge in [-0.25, -0.2) is 4.79 Å². The molecule has 1 aliphatic heterocycles. The van der Waals surface area contributed by atoms with Crippen molar-refractivity contribution in [2.45, 2.75) is 20.0 Å². The molecule has 4 aromatic rings. The van der Waals surface area contributed by atoms with Crippen LogP contribution >= 0.6 is 11.6 Å². The summed E-state index contributed by atoms with van der Waals surface area (Å²) < 4.78 is 45.9. The number of nitrogens with zero attached hydrogens (tertiary/aromatic N) is 2. The molecule has 0 aliphatic carbocycles. The molecular weight excluding hydrogens is 575 g/mol. The minimum atomic E-state index is -4.76. The molecule has 0 aromatic heterocycles. The molecule has 0 radical (unpaired) electrons. The van der Waals surface area contributed by atoms with Crippen LogP contribution in [0, 0.1) is 13.8 Å². The summed E-state index contributed by atoms with van der Waals surface area (Å²) in [7, 11) is 0. The molecule has 1 amide bonds. The van der Waals surface area contributed by atoms with Crippen molar-refractivity contribution in [3.63, 3.8) is 0 Å². The number of hydrogen-bond donors (Lipinski definition) is 3. The number of anilines is 3. The molecular formula is C30H21ClF3N3O5. The number of rotatable bonds is 5. The molecule has 0 bridgehead atoms. The molecule has 0 fully saturated rings. The van der Waals surface area contributed by atoms with Crippen LogP contribution in [0.4, 0.5) is 35.0 Å². The monoisotopic (exact) mass is 595 g/mol. The molecule has 3 N–H and O–H groups in total. The Labute approximate surface area is 242 Å². The highest BCUT2D eigenvalue weighted by Crippen LogP contribution is 2.44. The first kappa shape index (κ1) is 28.5. The zero-order valence-electron chi connectivity index (χ0n) is 22.0. The third kappa shape index (κ3) is 5.34. The van der Waals surface area contributed by atoms with Crippen LogP contribution in [-0.4, -0.2) is 28.0 Å². The predicted octanol–water partition coefficient (Wildman–Crippen LogP) is 7.90. The molecule has 8 nitrogen and oxygen atoms in total. The lowest BCUT2D eigenvalue weighted by Gasteiger charge is -2.19. The van der Waals surface area contributed by atoms with Crippen molar-refractivity contribution in [2.24, 2.45) is 5.10 Å². The second-order valence-electron chi connectivity index (χ2n) is 9.43. The molecule has 12 heteroatoms. The molecule has 5 rings (SSSR count). The summed E-state index contributed by atoms with van der Waals surface area (Å²) in [4.78, 5) is 25.7. The van der Waals surface area contributed by atoms with Crippen LogP contribution < -0.4 is 15.1 Å². The summed E-state index contributed by atoms with van der Waals surface area (Å²) in [5.74, 6) is -0.950. The number of phenolic OH excluding ortho intramolecular Hbond substituents is 1. The third-order valence-corrected chi connectivity index (χ3v) is 7.03. The van der Waals surface area contributed by atoms with Gasteiger partial charge in [0.2, 0.25) is 0 Å². The zero-order valence-corrected chi connectivity index (χ0v) is 22.7. The Bertz CT molecular complexity index is 1790. The Kier molecular flexibility index (Phi) is 7.29. The molecule has 214 valence electrons. The number of halogens is 4. The van der Waals surface area contributed by atoms with Crippen molar-refractivity contribution in [3.8, 4) is 22.6 Å². The number of ether oxygens (including phenoxy) is 1. The van der Waals surface area contributed by atoms with Gasteiger partial charge in [0.05, 0.1) is 22.0 Å². The SMILES string of the molecule is Cc1ccc(N2C(=O)C(=NNc3cccc(-c4cccc(OC(=O)O)c4)c3O)c3cc(Cl)c(C(F)(F)F)cc32)cc1C. The molecule has 0 unspecified atom stereocenters. The van der Waals surface area contributed by atoms with E-state index < -0.39 is 28.8 Å². The number of aryl methyl sites for hydroxylation is 2. The molecule has 1 heterocycles. The van der Waals surface area contributed by atoms with Gasteiger partial charge in [-0.05, 0) is 73.0 Å². The van der Waals surface area contributed by atoms with Gasteiger partial charge >= 0.3 is 12.3 Å². The Morgan fingerprint density at radius 2 is 1.71 bits per heavy atom. The van der Waals surface area contributed by atoms with Gasteiger partial charge in [-0.3, -0.25) is 15.1 Å². The number of carboxylic acid groups (broad SMARTS) is 1. The van der Waals surface area contributed by atoms with Crippen LogP contribution in [0.3, 0.4) is 0 Å². The highest BCUT2D eigenvalue weighted by atomic mass is 35.5. The van der Waals surface area contributed by atoms with Crippen LogP contribution in [0.5, 0.6) is 11.5 Å². The first-order valence-electron chi connectivity index (χ1n) is 12.3. The van der Waals surface area contributed by atoms with Crippen molar-refractivity contribution >= 4 is 46.4 Å². The van der Waals surface area contributed by atoms with E-state index in [-0.39, 0.29) is 34.1 Å². The number of aromatic hydroxyl groups is 1. The first-order chi connectivity index (χ1) is 19.8. The smallest absolute Gasteiger partial charge is 0.505 e. The fraction of sp³-hybridized carbons (Fsp3) is 0.100. The number of fused-ring (bicyclic) bond motifs is 1. The number of alkyl halides is 3. The Hall–Kier alpha value is -5.03. The number of para-hydroxylation sites is 1. The Morgan fingerprint density at radius 3 is 2.40 bits per heavy atom. The van der Waals surface area contributed by atoms with Crippen molar-refractivity contribution in [3.05, 3.63) is 100 Å². The summed E-state index contributed by atoms with van der Waals surface area (Å²) in [5.41, 5.74) is 4.24. The van der Waals surface area contributed by atoms with Crippen molar-refractivity contribution in [2.75, 3.05) is 10.3 Å². The highest BCUT2D eigenvalue weighted by molar-refractivity contribution is 6.56. The van der Waals surface area contributed by atoms with E-state index in [1.807, 2.05) is 13.8 Å². The van der Waals surface area contributed by atoms with Gasteiger partial charge in [0.1, 0.15) is 11.5 Å². The molecule has 4 aromatic carbocycles. The minimum Gasteiger partial charge on any atom is -0.505 e. The molecule has 42 heavy (non-hydrogen) atoms. The zero-order chi connectivity index (χ0) is 30.3. The maximum atomic E-state index is 13.7. The number of hydrogen-bond acceptors (Lipinski definition) is 6. The Morgan fingerprint density at radius 1 is 0.976 bits per heavy atom. The maximum absolute atomic E-state index is 13.7. The summed E-state index contributed by atoms with van der Waals surface area (Å²) in [6.07, 6.45) is -6.26. The fourth-order valence-corrected chi connectivity index (χ4v) is 4.79. The molecule has 1 aliphatic rings. The van der Waals surface area contributed by atoms with Crippen LogP contribution in [0.2, 0.25) is 5.02 Å². The van der Waals surface area contributed by atoms with Crippen LogP contribution in [0.1, 0.15) is 22.3 Å². The lowest BCUT2D eigenvalue weighted by atomic mass is 10.0. The lowest BCUT2D eigenvalue weighted by Crippen LogP contribution is -2.26. The van der Waals surface area contributed by atoms with Crippen molar-refractivity contribution in [1.82, 2.24) is 0 Å². The van der Waals surface area contributed by atoms with Gasteiger partial charge in [0.25, 0.3) is 5.91 Å². The molecule has 0 atom stereocenters. The van der Waals surface area contributed by atoms with E-state index in [4.69, 9.17) is 16.7 Å². The number of carbonyl (C=O) groups is 2. The Balaban J connectivity index is 1.57. The number of benzene rings is 4. The van der Waals surface area contributed by atoms with Gasteiger partial charge in [0, 0.05) is 16.8 Å². The van der Waals surface area contributed by atoms with Crippen molar-refractivity contribution < 1.29 is 37.7 Å². The minimum absolute atomic E-state index is 0.0349. The lowest BCUT2D eigenvalue weighted by molar-refractivity contribution is -0.137. The second kappa shape index (κ2) is 10.7. The standard InChI is InChI=1S/C30H21ClF3N3O5/c1-15-9-10-18(11-16(15)2)37-25-14-22(30(32,33)34)23(31)13-21(25)26(28(37)39)36-35-24-8-4-7-20(27(24)38)17-5-3-6-19(12-17)42-29(40)41/h3-14,35,38H,1-2H3,(H,40,41). The van der Waals surface area contributed by atoms with E-state index in [9.17, 15) is 27.9 Å². The van der Waals surface area contributed by atoms with Gasteiger partial charge < -0.3 is 14.9 Å². The molecule has 0 spiro atoms. The van der Waals surface area contributed by atoms with Gasteiger partial charge in [-0.15, -0.1) is 0 Å². The van der Waals surface area contributed by atoms with Crippen molar-refractivity contribution in [1.29, 1.82) is 0 Å². The van der Waals surface area contributed by atoms with E-state index in [0.717, 1.165) is 28.2 Å². The summed E-state index contributed by atoms with van der Waals surface area (Å²) >= 11 is 6.01. The quantitative estimate of drug-likeness (QED) is 0.0936. The van der Waals surface area contributed by atoms with E-state index in [1.54, 1.807) is 42.5 Å². The first-order valence-corrected chi connectivity index (χ1v) is 12.7. The average molecular weight is 596 g/mol. The topological polar surface area (TPSA) is 111 Å². The number of hydrazone groups is 1. The van der Waals surface area contributed by atoms with Crippen LogP contribution in [0.25, 0.3) is 11.1 Å². The predicted molar refractivity (Wildman–Crippen MR) is 152 cm³/mol. The van der Waals surface area contributed by atoms with E-state index in [2.05, 4.69) is 15.3 Å². The van der Waals surface area contributed by atoms with E-state index in [1.165, 1.54) is 18.2 Å². The number of nitrogens with one attached hydrogen (secondary N) is 1. The summed E-state index contributed by atoms with van der Waals surface area (Å²) in [6.45, 7) is 3.69. The van der Waals surface area contributed by atoms with Crippen LogP contribution in [0.15, 0.2) is 77.9 Å². The third-order valence-electron chi connectivity index (χ3n) is 6.72. The number of phenols is 1. The summed E-state index contributed by atoms with van der Waals surface area (Å²) in [6, 6.07) is 17.6. The van der Waals surface area contributed by atoms with Crippen LogP contribution in [-0.2, 0) is 11.0 Å². The normalized spacial score (nSPS) is 13.8. The van der Waals surface area contributed by atoms with Gasteiger partial charge in [-0.1, -0.05) is 41.9 Å². The summed E-state index contributed by atoms with van der Waals surface area (Å²) in [5, 5.41) is 23.5. The van der Waals surface area contributed by atoms with Gasteiger partial charge in [-0.2, -0.15) is 18.3 Å². The average Bonchev–Trinajstić information content (AvgIpc) is 3.18. The second-order valence-corrected chi connectivity index (χ2v) is 9.83. The largest absolute Gasteiger partial charge is 0.511 e. The maximum Gasteiger partial charge on any atom is 0.511 e. The van der Waals surface area contributed by atoms with Gasteiger partial charge in [0.15, 0.2) is 5.71 Å². The highest BCUT2D eigenvalue weighted by Gasteiger charge is 2.41. The molecule has 0 saturated carbocycles. The van der Waals surface area contributed by atoms with E-state index >= 15 is 0 Å². The number of amides is 1. The van der Waals surface area contributed by atoms with E-state index in [0.29, 0.717) is 16.8 Å². The number of carbonyl (C=O) groups excluding carboxylic acids is 1.